The Morgan fingerprint density at radius 2 is 1.93 bits per heavy atom. The number of hydrogen-bond acceptors (Lipinski definition) is 7. The predicted molar refractivity (Wildman–Crippen MR) is 117 cm³/mol. The van der Waals surface area contributed by atoms with Gasteiger partial charge in [-0.3, -0.25) is 0 Å². The van der Waals surface area contributed by atoms with Crippen LogP contribution in [0.4, 0.5) is 0 Å². The van der Waals surface area contributed by atoms with Crippen LogP contribution < -0.4 is 14.8 Å². The molecule has 29 heavy (non-hydrogen) atoms. The molecule has 2 aliphatic rings. The molecule has 0 amide bonds. The van der Waals surface area contributed by atoms with Crippen molar-refractivity contribution in [3.05, 3.63) is 28.2 Å². The van der Waals surface area contributed by atoms with Crippen molar-refractivity contribution in [2.24, 2.45) is 0 Å². The van der Waals surface area contributed by atoms with Gasteiger partial charge in [0.05, 0.1) is 25.0 Å². The van der Waals surface area contributed by atoms with Gasteiger partial charge in [-0.25, -0.2) is 0 Å². The molecule has 1 unspecified atom stereocenters. The molecular weight excluding hydrogens is 386 g/mol. The van der Waals surface area contributed by atoms with Gasteiger partial charge in [0.2, 0.25) is 0 Å². The molecule has 0 aromatic heterocycles. The van der Waals surface area contributed by atoms with Crippen molar-refractivity contribution in [1.29, 1.82) is 5.26 Å². The molecule has 1 aromatic carbocycles. The molecule has 0 bridgehead atoms. The van der Waals surface area contributed by atoms with Crippen LogP contribution in [0, 0.1) is 11.3 Å². The summed E-state index contributed by atoms with van der Waals surface area (Å²) in [6.07, 6.45) is 2.84. The van der Waals surface area contributed by atoms with Crippen LogP contribution in [0.3, 0.4) is 0 Å². The average Bonchev–Trinajstić information content (AvgIpc) is 3.22. The standard InChI is InChI=1S/C22H31N3O3S/c1-3-27-19-11-16-7-8-24-22(18(16)12-20(19)28-4-2)21(13-23)29-15-17(26)14-25-9-5-6-10-25/h11-12,17,24,26H,3-10,14-15H2,1-2H3. The molecule has 0 aliphatic carbocycles. The number of likely N-dealkylation sites (tertiary alicyclic amines) is 1. The summed E-state index contributed by atoms with van der Waals surface area (Å²) in [5.74, 6) is 1.96. The van der Waals surface area contributed by atoms with Crippen molar-refractivity contribution in [3.8, 4) is 17.6 Å². The van der Waals surface area contributed by atoms with Gasteiger partial charge < -0.3 is 24.8 Å². The van der Waals surface area contributed by atoms with E-state index in [0.717, 1.165) is 48.6 Å². The summed E-state index contributed by atoms with van der Waals surface area (Å²) >= 11 is 1.42. The fourth-order valence-corrected chi connectivity index (χ4v) is 4.71. The zero-order valence-electron chi connectivity index (χ0n) is 17.4. The number of aliphatic hydroxyl groups excluding tert-OH is 1. The van der Waals surface area contributed by atoms with E-state index in [0.29, 0.717) is 36.2 Å². The van der Waals surface area contributed by atoms with E-state index in [9.17, 15) is 10.4 Å². The molecule has 6 nitrogen and oxygen atoms in total. The first-order valence-electron chi connectivity index (χ1n) is 10.5. The third-order valence-electron chi connectivity index (χ3n) is 5.15. The van der Waals surface area contributed by atoms with E-state index in [4.69, 9.17) is 9.47 Å². The minimum atomic E-state index is -0.440. The first-order chi connectivity index (χ1) is 14.2. The van der Waals surface area contributed by atoms with Crippen molar-refractivity contribution in [3.63, 3.8) is 0 Å². The molecule has 0 saturated carbocycles. The van der Waals surface area contributed by atoms with Crippen LogP contribution >= 0.6 is 11.8 Å². The van der Waals surface area contributed by atoms with E-state index < -0.39 is 6.10 Å². The first kappa shape index (κ1) is 21.8. The Balaban J connectivity index is 1.80. The Labute approximate surface area is 177 Å². The summed E-state index contributed by atoms with van der Waals surface area (Å²) in [4.78, 5) is 2.90. The average molecular weight is 418 g/mol. The van der Waals surface area contributed by atoms with Crippen LogP contribution in [0.1, 0.15) is 37.8 Å². The molecule has 158 valence electrons. The number of allylic oxidation sites excluding steroid dienone is 1. The Hall–Kier alpha value is -1.88. The van der Waals surface area contributed by atoms with Gasteiger partial charge in [0.1, 0.15) is 11.0 Å². The van der Waals surface area contributed by atoms with Crippen LogP contribution in [0.2, 0.25) is 0 Å². The zero-order valence-corrected chi connectivity index (χ0v) is 18.2. The van der Waals surface area contributed by atoms with Crippen molar-refractivity contribution in [2.75, 3.05) is 45.1 Å². The van der Waals surface area contributed by atoms with E-state index in [1.54, 1.807) is 0 Å². The SMILES string of the molecule is CCOc1cc2c(cc1OCC)C(=C(C#N)SCC(O)CN1CCCC1)NCC2. The Kier molecular flexibility index (Phi) is 8.10. The maximum absolute atomic E-state index is 10.4. The van der Waals surface area contributed by atoms with Gasteiger partial charge >= 0.3 is 0 Å². The number of fused-ring (bicyclic) bond motifs is 1. The third-order valence-corrected chi connectivity index (χ3v) is 6.29. The van der Waals surface area contributed by atoms with Gasteiger partial charge in [0, 0.05) is 24.4 Å². The normalized spacial score (nSPS) is 19.1. The largest absolute Gasteiger partial charge is 0.490 e. The van der Waals surface area contributed by atoms with Crippen molar-refractivity contribution < 1.29 is 14.6 Å². The van der Waals surface area contributed by atoms with E-state index in [2.05, 4.69) is 16.3 Å². The smallest absolute Gasteiger partial charge is 0.161 e. The molecule has 3 rings (SSSR count). The molecule has 0 radical (unpaired) electrons. The maximum atomic E-state index is 10.4. The number of nitrogens with zero attached hydrogens (tertiary/aromatic N) is 2. The van der Waals surface area contributed by atoms with Gasteiger partial charge in [-0.05, 0) is 63.9 Å². The molecule has 2 heterocycles. The number of nitriles is 1. The highest BCUT2D eigenvalue weighted by Crippen LogP contribution is 2.38. The van der Waals surface area contributed by atoms with E-state index in [1.165, 1.54) is 24.6 Å². The maximum Gasteiger partial charge on any atom is 0.161 e. The quantitative estimate of drug-likeness (QED) is 0.598. The number of nitrogens with one attached hydrogen (secondary N) is 1. The van der Waals surface area contributed by atoms with E-state index in [1.807, 2.05) is 26.0 Å². The van der Waals surface area contributed by atoms with Crippen LogP contribution in [-0.2, 0) is 6.42 Å². The summed E-state index contributed by atoms with van der Waals surface area (Å²) in [5, 5.41) is 23.6. The number of thioether (sulfide) groups is 1. The number of β-amino-alcohol motifs (C(OH)–C–C–N with tert-alkyl or cyclic N) is 1. The summed E-state index contributed by atoms with van der Waals surface area (Å²) in [7, 11) is 0. The van der Waals surface area contributed by atoms with Gasteiger partial charge in [-0.2, -0.15) is 5.26 Å². The van der Waals surface area contributed by atoms with E-state index in [-0.39, 0.29) is 0 Å². The topological polar surface area (TPSA) is 77.8 Å². The van der Waals surface area contributed by atoms with Gasteiger partial charge in [0.15, 0.2) is 11.5 Å². The number of aliphatic hydroxyl groups is 1. The van der Waals surface area contributed by atoms with Crippen LogP contribution in [0.25, 0.3) is 5.70 Å². The lowest BCUT2D eigenvalue weighted by Gasteiger charge is -2.25. The molecular formula is C22H31N3O3S. The number of ether oxygens (including phenoxy) is 2. The number of hydrogen-bond donors (Lipinski definition) is 2. The Morgan fingerprint density at radius 1 is 1.24 bits per heavy atom. The monoisotopic (exact) mass is 417 g/mol. The lowest BCUT2D eigenvalue weighted by molar-refractivity contribution is 0.145. The van der Waals surface area contributed by atoms with Crippen LogP contribution in [0.15, 0.2) is 17.0 Å². The van der Waals surface area contributed by atoms with Gasteiger partial charge in [0.25, 0.3) is 0 Å². The second kappa shape index (κ2) is 10.8. The fourth-order valence-electron chi connectivity index (χ4n) is 3.85. The number of benzene rings is 1. The van der Waals surface area contributed by atoms with Gasteiger partial charge in [-0.1, -0.05) is 0 Å². The Bertz CT molecular complexity index is 769. The summed E-state index contributed by atoms with van der Waals surface area (Å²) in [5.41, 5.74) is 2.97. The molecule has 1 aromatic rings. The first-order valence-corrected chi connectivity index (χ1v) is 11.5. The molecule has 1 atom stereocenters. The molecule has 1 saturated heterocycles. The van der Waals surface area contributed by atoms with Crippen LogP contribution in [0.5, 0.6) is 11.5 Å². The lowest BCUT2D eigenvalue weighted by Crippen LogP contribution is -2.31. The van der Waals surface area contributed by atoms with E-state index >= 15 is 0 Å². The van der Waals surface area contributed by atoms with Crippen molar-refractivity contribution >= 4 is 17.5 Å². The summed E-state index contributed by atoms with van der Waals surface area (Å²) in [6.45, 7) is 8.60. The van der Waals surface area contributed by atoms with Crippen molar-refractivity contribution in [1.82, 2.24) is 10.2 Å². The minimum absolute atomic E-state index is 0.440. The van der Waals surface area contributed by atoms with Crippen molar-refractivity contribution in [2.45, 2.75) is 39.2 Å². The molecule has 0 spiro atoms. The fraction of sp³-hybridized carbons (Fsp3) is 0.591. The zero-order chi connectivity index (χ0) is 20.6. The second-order valence-corrected chi connectivity index (χ2v) is 8.32. The predicted octanol–water partition coefficient (Wildman–Crippen LogP) is 3.01. The molecule has 1 fully saturated rings. The van der Waals surface area contributed by atoms with Gasteiger partial charge in [-0.15, -0.1) is 11.8 Å². The summed E-state index contributed by atoms with van der Waals surface area (Å²) < 4.78 is 11.5. The Morgan fingerprint density at radius 3 is 2.59 bits per heavy atom. The molecule has 2 N–H and O–H groups in total. The highest BCUT2D eigenvalue weighted by Gasteiger charge is 2.23. The molecule has 7 heteroatoms. The van der Waals surface area contributed by atoms with Crippen LogP contribution in [-0.4, -0.2) is 61.3 Å². The lowest BCUT2D eigenvalue weighted by atomic mass is 9.97. The second-order valence-electron chi connectivity index (χ2n) is 7.29. The number of rotatable bonds is 9. The minimum Gasteiger partial charge on any atom is -0.490 e. The highest BCUT2D eigenvalue weighted by atomic mass is 32.2. The highest BCUT2D eigenvalue weighted by molar-refractivity contribution is 8.03. The molecule has 2 aliphatic heterocycles. The third kappa shape index (κ3) is 5.59. The summed E-state index contributed by atoms with van der Waals surface area (Å²) in [6, 6.07) is 6.35.